The van der Waals surface area contributed by atoms with Crippen molar-refractivity contribution in [1.29, 1.82) is 0 Å². The Kier molecular flexibility index (Phi) is 5.19. The van der Waals surface area contributed by atoms with E-state index in [0.717, 1.165) is 45.8 Å². The van der Waals surface area contributed by atoms with Crippen molar-refractivity contribution in [1.82, 2.24) is 13.5 Å². The van der Waals surface area contributed by atoms with E-state index in [9.17, 15) is 17.9 Å². The summed E-state index contributed by atoms with van der Waals surface area (Å²) in [6.45, 7) is 0.571. The smallest absolute Gasteiger partial charge is 0.323 e. The zero-order valence-electron chi connectivity index (χ0n) is 17.0. The van der Waals surface area contributed by atoms with Gasteiger partial charge in [0.2, 0.25) is 0 Å². The van der Waals surface area contributed by atoms with Crippen molar-refractivity contribution in [3.05, 3.63) is 54.0 Å². The van der Waals surface area contributed by atoms with Crippen LogP contribution in [0.3, 0.4) is 0 Å². The summed E-state index contributed by atoms with van der Waals surface area (Å²) in [6, 6.07) is 11.6. The van der Waals surface area contributed by atoms with Crippen LogP contribution in [0, 0.1) is 5.82 Å². The number of piperidine rings is 1. The van der Waals surface area contributed by atoms with E-state index in [-0.39, 0.29) is 24.8 Å². The number of benzene rings is 2. The maximum Gasteiger partial charge on any atom is 0.323 e. The van der Waals surface area contributed by atoms with Gasteiger partial charge >= 0.3 is 10.2 Å². The maximum atomic E-state index is 13.4. The number of hydrogen-bond donors (Lipinski definition) is 2. The molecule has 5 rings (SSSR count). The molecule has 1 saturated heterocycles. The number of rotatable bonds is 5. The number of hydrogen-bond acceptors (Lipinski definition) is 5. The number of aromatic nitrogens is 2. The zero-order chi connectivity index (χ0) is 21.6. The first kappa shape index (κ1) is 20.4. The highest BCUT2D eigenvalue weighted by atomic mass is 32.2. The molecule has 7 nitrogen and oxygen atoms in total. The molecular formula is C22H25FN4O3S. The van der Waals surface area contributed by atoms with Crippen LogP contribution in [0.25, 0.3) is 10.9 Å². The largest absolute Gasteiger partial charge is 0.393 e. The minimum atomic E-state index is -3.82. The molecule has 1 aromatic heterocycles. The molecule has 0 atom stereocenters. The van der Waals surface area contributed by atoms with Crippen LogP contribution in [0.15, 0.2) is 42.5 Å². The Hall–Kier alpha value is -2.49. The molecule has 2 N–H and O–H groups in total. The average Bonchev–Trinajstić information content (AvgIpc) is 3.08. The number of anilines is 2. The van der Waals surface area contributed by atoms with Gasteiger partial charge < -0.3 is 10.4 Å². The van der Waals surface area contributed by atoms with E-state index in [1.54, 1.807) is 18.2 Å². The van der Waals surface area contributed by atoms with Gasteiger partial charge in [0.25, 0.3) is 0 Å². The molecule has 0 radical (unpaired) electrons. The van der Waals surface area contributed by atoms with Crippen molar-refractivity contribution in [2.24, 2.45) is 0 Å². The van der Waals surface area contributed by atoms with Gasteiger partial charge in [-0.15, -0.1) is 4.09 Å². The summed E-state index contributed by atoms with van der Waals surface area (Å²) >= 11 is 0. The molecule has 2 aliphatic rings. The van der Waals surface area contributed by atoms with Gasteiger partial charge in [-0.2, -0.15) is 17.8 Å². The standard InChI is InChI=1S/C22H25FN4O3S/c23-16-4-6-17(7-5-16)24-18-8-9-21-20(14-18)22(15-2-1-3-15)25-27(21)31(29,30)26-12-10-19(28)11-13-26/h4-9,14-15,19,24,28H,1-3,10-13H2. The van der Waals surface area contributed by atoms with Crippen LogP contribution in [0.4, 0.5) is 15.8 Å². The molecule has 1 aliphatic carbocycles. The van der Waals surface area contributed by atoms with Crippen LogP contribution in [0.2, 0.25) is 0 Å². The van der Waals surface area contributed by atoms with Crippen molar-refractivity contribution < 1.29 is 17.9 Å². The molecule has 0 amide bonds. The van der Waals surface area contributed by atoms with E-state index in [2.05, 4.69) is 10.4 Å². The van der Waals surface area contributed by atoms with Gasteiger partial charge in [-0.1, -0.05) is 6.42 Å². The third-order valence-corrected chi connectivity index (χ3v) is 8.00. The minimum Gasteiger partial charge on any atom is -0.393 e. The van der Waals surface area contributed by atoms with E-state index in [1.165, 1.54) is 16.4 Å². The summed E-state index contributed by atoms with van der Waals surface area (Å²) in [6.07, 6.45) is 3.52. The second kappa shape index (κ2) is 7.89. The summed E-state index contributed by atoms with van der Waals surface area (Å²) in [7, 11) is -3.82. The van der Waals surface area contributed by atoms with E-state index in [4.69, 9.17) is 0 Å². The summed E-state index contributed by atoms with van der Waals surface area (Å²) in [5, 5.41) is 18.4. The minimum absolute atomic E-state index is 0.253. The highest BCUT2D eigenvalue weighted by molar-refractivity contribution is 7.87. The first-order valence-electron chi connectivity index (χ1n) is 10.7. The van der Waals surface area contributed by atoms with Crippen molar-refractivity contribution in [3.63, 3.8) is 0 Å². The number of aliphatic hydroxyl groups is 1. The molecule has 9 heteroatoms. The molecule has 1 aliphatic heterocycles. The molecular weight excluding hydrogens is 419 g/mol. The van der Waals surface area contributed by atoms with Gasteiger partial charge in [0, 0.05) is 35.8 Å². The van der Waals surface area contributed by atoms with Crippen LogP contribution in [0.5, 0.6) is 0 Å². The third-order valence-electron chi connectivity index (χ3n) is 6.27. The molecule has 0 unspecified atom stereocenters. The Labute approximate surface area is 180 Å². The number of halogens is 1. The fourth-order valence-electron chi connectivity index (χ4n) is 4.23. The highest BCUT2D eigenvalue weighted by Crippen LogP contribution is 2.40. The van der Waals surface area contributed by atoms with Crippen LogP contribution in [0.1, 0.15) is 43.7 Å². The van der Waals surface area contributed by atoms with Crippen LogP contribution < -0.4 is 5.32 Å². The van der Waals surface area contributed by atoms with Crippen LogP contribution >= 0.6 is 0 Å². The second-order valence-corrected chi connectivity index (χ2v) is 10.1. The lowest BCUT2D eigenvalue weighted by Gasteiger charge is -2.28. The number of fused-ring (bicyclic) bond motifs is 1. The van der Waals surface area contributed by atoms with E-state index >= 15 is 0 Å². The predicted molar refractivity (Wildman–Crippen MR) is 117 cm³/mol. The Balaban J connectivity index is 1.54. The highest BCUT2D eigenvalue weighted by Gasteiger charge is 2.33. The Morgan fingerprint density at radius 1 is 1.00 bits per heavy atom. The second-order valence-electron chi connectivity index (χ2n) is 8.36. The van der Waals surface area contributed by atoms with Gasteiger partial charge in [0.1, 0.15) is 5.82 Å². The Morgan fingerprint density at radius 3 is 2.32 bits per heavy atom. The zero-order valence-corrected chi connectivity index (χ0v) is 17.9. The molecule has 2 aromatic carbocycles. The molecule has 2 heterocycles. The molecule has 164 valence electrons. The Morgan fingerprint density at radius 2 is 1.68 bits per heavy atom. The third kappa shape index (κ3) is 3.81. The number of aliphatic hydroxyl groups excluding tert-OH is 1. The first-order valence-corrected chi connectivity index (χ1v) is 12.1. The number of nitrogens with one attached hydrogen (secondary N) is 1. The van der Waals surface area contributed by atoms with Gasteiger partial charge in [-0.05, 0) is 68.1 Å². The lowest BCUT2D eigenvalue weighted by molar-refractivity contribution is 0.112. The quantitative estimate of drug-likeness (QED) is 0.626. The fourth-order valence-corrected chi connectivity index (χ4v) is 5.72. The predicted octanol–water partition coefficient (Wildman–Crippen LogP) is 3.74. The fraction of sp³-hybridized carbons (Fsp3) is 0.409. The van der Waals surface area contributed by atoms with Gasteiger partial charge in [-0.25, -0.2) is 4.39 Å². The molecule has 0 spiro atoms. The molecule has 31 heavy (non-hydrogen) atoms. The first-order chi connectivity index (χ1) is 14.9. The summed E-state index contributed by atoms with van der Waals surface area (Å²) in [5.41, 5.74) is 2.90. The summed E-state index contributed by atoms with van der Waals surface area (Å²) in [5.74, 6) is -0.0480. The SMILES string of the molecule is O=S(=O)(N1CCC(O)CC1)n1nc(C2CCC2)c2cc(Nc3ccc(F)cc3)ccc21. The van der Waals surface area contributed by atoms with Crippen molar-refractivity contribution in [2.75, 3.05) is 18.4 Å². The summed E-state index contributed by atoms with van der Waals surface area (Å²) in [4.78, 5) is 0. The van der Waals surface area contributed by atoms with Gasteiger partial charge in [0.15, 0.2) is 0 Å². The van der Waals surface area contributed by atoms with Gasteiger partial charge in [-0.3, -0.25) is 0 Å². The van der Waals surface area contributed by atoms with Crippen molar-refractivity contribution in [2.45, 2.75) is 44.1 Å². The molecule has 0 bridgehead atoms. The topological polar surface area (TPSA) is 87.5 Å². The van der Waals surface area contributed by atoms with Crippen LogP contribution in [-0.4, -0.2) is 46.2 Å². The normalized spacial score (nSPS) is 18.9. The van der Waals surface area contributed by atoms with Gasteiger partial charge in [0.05, 0.1) is 17.3 Å². The molecule has 1 saturated carbocycles. The average molecular weight is 445 g/mol. The Bertz CT molecular complexity index is 1200. The van der Waals surface area contributed by atoms with Crippen molar-refractivity contribution >= 4 is 32.5 Å². The van der Waals surface area contributed by atoms with E-state index in [0.29, 0.717) is 18.4 Å². The monoisotopic (exact) mass is 444 g/mol. The maximum absolute atomic E-state index is 13.4. The summed E-state index contributed by atoms with van der Waals surface area (Å²) < 4.78 is 42.5. The molecule has 3 aromatic rings. The van der Waals surface area contributed by atoms with E-state index in [1.807, 2.05) is 12.1 Å². The van der Waals surface area contributed by atoms with Crippen LogP contribution in [-0.2, 0) is 10.2 Å². The molecule has 2 fully saturated rings. The van der Waals surface area contributed by atoms with E-state index < -0.39 is 16.3 Å². The lowest BCUT2D eigenvalue weighted by Crippen LogP contribution is -2.43. The van der Waals surface area contributed by atoms with Crippen molar-refractivity contribution in [3.8, 4) is 0 Å². The number of nitrogens with zero attached hydrogens (tertiary/aromatic N) is 3. The lowest BCUT2D eigenvalue weighted by atomic mass is 9.82.